The average molecular weight is 197 g/mol. The summed E-state index contributed by atoms with van der Waals surface area (Å²) in [6, 6.07) is 8.25. The molecule has 0 N–H and O–H groups in total. The summed E-state index contributed by atoms with van der Waals surface area (Å²) in [5.41, 5.74) is 3.47. The van der Waals surface area contributed by atoms with Gasteiger partial charge in [-0.2, -0.15) is 0 Å². The summed E-state index contributed by atoms with van der Waals surface area (Å²) < 4.78 is 2.17. The van der Waals surface area contributed by atoms with Gasteiger partial charge in [-0.25, -0.2) is 4.98 Å². The molecule has 1 aromatic carbocycles. The molecule has 0 radical (unpaired) electrons. The van der Waals surface area contributed by atoms with Crippen LogP contribution < -0.4 is 0 Å². The van der Waals surface area contributed by atoms with E-state index in [1.54, 1.807) is 0 Å². The fraction of sp³-hybridized carbons (Fsp3) is 0.167. The summed E-state index contributed by atoms with van der Waals surface area (Å²) in [5, 5.41) is 0. The molecule has 2 heterocycles. The Labute approximate surface area is 88.1 Å². The number of rotatable bonds is 0. The van der Waals surface area contributed by atoms with Crippen LogP contribution in [0.2, 0.25) is 0 Å². The van der Waals surface area contributed by atoms with Gasteiger partial charge >= 0.3 is 0 Å². The Hall–Kier alpha value is -1.90. The van der Waals surface area contributed by atoms with E-state index in [1.807, 2.05) is 31.5 Å². The van der Waals surface area contributed by atoms with Crippen molar-refractivity contribution < 1.29 is 0 Å². The fourth-order valence-corrected chi connectivity index (χ4v) is 1.97. The van der Waals surface area contributed by atoms with Crippen molar-refractivity contribution in [2.45, 2.75) is 13.5 Å². The topological polar surface area (TPSA) is 30.2 Å². The van der Waals surface area contributed by atoms with Crippen LogP contribution in [0.5, 0.6) is 0 Å². The number of aromatic nitrogens is 2. The minimum Gasteiger partial charge on any atom is -0.298 e. The Balaban J connectivity index is 2.36. The molecule has 3 heteroatoms. The van der Waals surface area contributed by atoms with Gasteiger partial charge in [0, 0.05) is 11.8 Å². The van der Waals surface area contributed by atoms with Crippen LogP contribution >= 0.6 is 0 Å². The lowest BCUT2D eigenvalue weighted by atomic mass is 10.2. The second-order valence-electron chi connectivity index (χ2n) is 3.66. The molecule has 0 unspecified atom stereocenters. The molecule has 1 aromatic heterocycles. The van der Waals surface area contributed by atoms with Gasteiger partial charge in [-0.1, -0.05) is 18.2 Å². The molecule has 0 atom stereocenters. The van der Waals surface area contributed by atoms with Gasteiger partial charge < -0.3 is 0 Å². The Morgan fingerprint density at radius 3 is 3.07 bits per heavy atom. The van der Waals surface area contributed by atoms with Gasteiger partial charge in [0.2, 0.25) is 0 Å². The van der Waals surface area contributed by atoms with E-state index in [9.17, 15) is 0 Å². The van der Waals surface area contributed by atoms with Crippen LogP contribution in [0.15, 0.2) is 35.5 Å². The highest BCUT2D eigenvalue weighted by Gasteiger charge is 2.12. The second kappa shape index (κ2) is 3.05. The maximum atomic E-state index is 4.38. The molecule has 1 aliphatic rings. The van der Waals surface area contributed by atoms with Crippen LogP contribution in [0, 0.1) is 6.92 Å². The van der Waals surface area contributed by atoms with E-state index in [0.717, 1.165) is 17.1 Å². The lowest BCUT2D eigenvalue weighted by Gasteiger charge is -2.09. The molecular weight excluding hydrogens is 186 g/mol. The zero-order valence-electron chi connectivity index (χ0n) is 8.51. The van der Waals surface area contributed by atoms with Crippen molar-refractivity contribution in [3.8, 4) is 5.69 Å². The van der Waals surface area contributed by atoms with Crippen LogP contribution in [0.3, 0.4) is 0 Å². The quantitative estimate of drug-likeness (QED) is 0.636. The Morgan fingerprint density at radius 2 is 2.13 bits per heavy atom. The van der Waals surface area contributed by atoms with E-state index < -0.39 is 0 Å². The molecule has 3 rings (SSSR count). The van der Waals surface area contributed by atoms with Crippen LogP contribution in [0.25, 0.3) is 5.69 Å². The Kier molecular flexibility index (Phi) is 1.71. The van der Waals surface area contributed by atoms with Gasteiger partial charge in [-0.3, -0.25) is 9.56 Å². The number of hydrogen-bond acceptors (Lipinski definition) is 2. The molecule has 0 amide bonds. The molecule has 2 aromatic rings. The summed E-state index contributed by atoms with van der Waals surface area (Å²) in [6.07, 6.45) is 3.83. The number of para-hydroxylation sites is 1. The molecule has 1 aliphatic heterocycles. The van der Waals surface area contributed by atoms with Crippen LogP contribution in [0.1, 0.15) is 17.1 Å². The largest absolute Gasteiger partial charge is 0.298 e. The number of nitrogens with zero attached hydrogens (tertiary/aromatic N) is 3. The van der Waals surface area contributed by atoms with Crippen molar-refractivity contribution in [3.63, 3.8) is 0 Å². The van der Waals surface area contributed by atoms with Crippen molar-refractivity contribution in [1.82, 2.24) is 9.55 Å². The second-order valence-corrected chi connectivity index (χ2v) is 3.66. The molecule has 0 saturated heterocycles. The third kappa shape index (κ3) is 1.20. The number of aryl methyl sites for hydroxylation is 1. The number of hydrogen-bond donors (Lipinski definition) is 0. The smallest absolute Gasteiger partial charge is 0.110 e. The molecule has 3 nitrogen and oxygen atoms in total. The highest BCUT2D eigenvalue weighted by molar-refractivity contribution is 5.85. The maximum absolute atomic E-state index is 4.38. The minimum absolute atomic E-state index is 0.704. The molecule has 0 spiro atoms. The first-order chi connectivity index (χ1) is 7.36. The summed E-state index contributed by atoms with van der Waals surface area (Å²) in [6.45, 7) is 2.72. The number of benzene rings is 1. The molecule has 0 bridgehead atoms. The maximum Gasteiger partial charge on any atom is 0.110 e. The van der Waals surface area contributed by atoms with Gasteiger partial charge in [-0.05, 0) is 13.0 Å². The van der Waals surface area contributed by atoms with Gasteiger partial charge in [0.1, 0.15) is 5.82 Å². The molecular formula is C12H11N3. The highest BCUT2D eigenvalue weighted by Crippen LogP contribution is 2.20. The van der Waals surface area contributed by atoms with Crippen molar-refractivity contribution in [3.05, 3.63) is 47.5 Å². The van der Waals surface area contributed by atoms with E-state index >= 15 is 0 Å². The van der Waals surface area contributed by atoms with E-state index in [2.05, 4.69) is 26.7 Å². The Morgan fingerprint density at radius 1 is 1.27 bits per heavy atom. The first-order valence-electron chi connectivity index (χ1n) is 4.99. The van der Waals surface area contributed by atoms with Gasteiger partial charge in [0.05, 0.1) is 24.1 Å². The summed E-state index contributed by atoms with van der Waals surface area (Å²) >= 11 is 0. The third-order valence-corrected chi connectivity index (χ3v) is 2.67. The average Bonchev–Trinajstić information content (AvgIpc) is 2.52. The van der Waals surface area contributed by atoms with Crippen LogP contribution in [-0.4, -0.2) is 15.8 Å². The normalized spacial score (nSPS) is 13.1. The monoisotopic (exact) mass is 197 g/mol. The zero-order chi connectivity index (χ0) is 10.3. The number of aliphatic imine (C=N–C) groups is 1. The molecule has 15 heavy (non-hydrogen) atoms. The predicted octanol–water partition coefficient (Wildman–Crippen LogP) is 2.11. The molecule has 0 fully saturated rings. The summed E-state index contributed by atoms with van der Waals surface area (Å²) in [7, 11) is 0. The SMILES string of the molecule is Cc1ncc2n1-c1ccccc1C=NC2. The van der Waals surface area contributed by atoms with Gasteiger partial charge in [0.25, 0.3) is 0 Å². The fourth-order valence-electron chi connectivity index (χ4n) is 1.97. The number of fused-ring (bicyclic) bond motifs is 3. The Bertz CT molecular complexity index is 538. The molecule has 74 valence electrons. The zero-order valence-corrected chi connectivity index (χ0v) is 8.51. The van der Waals surface area contributed by atoms with E-state index in [0.29, 0.717) is 6.54 Å². The van der Waals surface area contributed by atoms with Gasteiger partial charge in [-0.15, -0.1) is 0 Å². The van der Waals surface area contributed by atoms with Crippen molar-refractivity contribution in [2.75, 3.05) is 0 Å². The highest BCUT2D eigenvalue weighted by atomic mass is 15.1. The van der Waals surface area contributed by atoms with Crippen LogP contribution in [0.4, 0.5) is 0 Å². The predicted molar refractivity (Wildman–Crippen MR) is 59.6 cm³/mol. The first kappa shape index (κ1) is 8.41. The standard InChI is InChI=1S/C12H11N3/c1-9-14-8-11-7-13-6-10-4-2-3-5-12(10)15(9)11/h2-6,8H,7H2,1H3. The van der Waals surface area contributed by atoms with Crippen molar-refractivity contribution in [2.24, 2.45) is 4.99 Å². The molecule has 0 saturated carbocycles. The summed E-state index contributed by atoms with van der Waals surface area (Å²) in [5.74, 6) is 1.02. The number of imidazole rings is 1. The van der Waals surface area contributed by atoms with E-state index in [1.165, 1.54) is 5.69 Å². The van der Waals surface area contributed by atoms with E-state index in [4.69, 9.17) is 0 Å². The van der Waals surface area contributed by atoms with Crippen molar-refractivity contribution in [1.29, 1.82) is 0 Å². The minimum atomic E-state index is 0.704. The van der Waals surface area contributed by atoms with Crippen molar-refractivity contribution >= 4 is 6.21 Å². The lowest BCUT2D eigenvalue weighted by Crippen LogP contribution is -2.02. The lowest BCUT2D eigenvalue weighted by molar-refractivity contribution is 0.890. The van der Waals surface area contributed by atoms with E-state index in [-0.39, 0.29) is 0 Å². The third-order valence-electron chi connectivity index (χ3n) is 2.67. The summed E-state index contributed by atoms with van der Waals surface area (Å²) in [4.78, 5) is 8.71. The first-order valence-corrected chi connectivity index (χ1v) is 4.99. The van der Waals surface area contributed by atoms with Gasteiger partial charge in [0.15, 0.2) is 0 Å². The van der Waals surface area contributed by atoms with Crippen LogP contribution in [-0.2, 0) is 6.54 Å². The molecule has 0 aliphatic carbocycles.